The van der Waals surface area contributed by atoms with Crippen LogP contribution >= 0.6 is 23.2 Å². The average molecular weight is 396 g/mol. The van der Waals surface area contributed by atoms with Crippen LogP contribution in [0.1, 0.15) is 17.4 Å². The predicted octanol–water partition coefficient (Wildman–Crippen LogP) is 5.17. The molecule has 0 amide bonds. The van der Waals surface area contributed by atoms with Gasteiger partial charge in [-0.15, -0.1) is 5.10 Å². The van der Waals surface area contributed by atoms with Gasteiger partial charge in [-0.2, -0.15) is 4.68 Å². The lowest BCUT2D eigenvalue weighted by Crippen LogP contribution is -2.18. The van der Waals surface area contributed by atoms with Crippen molar-refractivity contribution in [3.8, 4) is 5.69 Å². The highest BCUT2D eigenvalue weighted by atomic mass is 35.5. The second-order valence-corrected chi connectivity index (χ2v) is 6.73. The first-order valence-electron chi connectivity index (χ1n) is 8.32. The Bertz CT molecular complexity index is 1030. The van der Waals surface area contributed by atoms with Gasteiger partial charge < -0.3 is 5.32 Å². The molecule has 1 aromatic heterocycles. The number of tetrazole rings is 1. The van der Waals surface area contributed by atoms with Gasteiger partial charge in [-0.1, -0.05) is 59.6 Å². The van der Waals surface area contributed by atoms with Crippen LogP contribution in [0.3, 0.4) is 0 Å². The molecule has 0 radical (unpaired) electrons. The van der Waals surface area contributed by atoms with Gasteiger partial charge in [-0.25, -0.2) is 0 Å². The molecule has 1 heterocycles. The van der Waals surface area contributed by atoms with Crippen molar-refractivity contribution in [1.29, 1.82) is 0 Å². The monoisotopic (exact) mass is 395 g/mol. The molecule has 0 saturated heterocycles. The number of hydrogen-bond acceptors (Lipinski definition) is 4. The summed E-state index contributed by atoms with van der Waals surface area (Å²) in [7, 11) is 0. The molecule has 1 atom stereocenters. The lowest BCUT2D eigenvalue weighted by atomic mass is 10.1. The molecule has 1 N–H and O–H groups in total. The fraction of sp³-hybridized carbons (Fsp3) is 0.0500. The predicted molar refractivity (Wildman–Crippen MR) is 108 cm³/mol. The summed E-state index contributed by atoms with van der Waals surface area (Å²) in [6.45, 7) is 0. The summed E-state index contributed by atoms with van der Waals surface area (Å²) in [6.07, 6.45) is 0. The summed E-state index contributed by atoms with van der Waals surface area (Å²) in [6, 6.07) is 24.5. The number of aromatic nitrogens is 4. The molecule has 4 aromatic rings. The molecule has 0 bridgehead atoms. The van der Waals surface area contributed by atoms with E-state index in [0.29, 0.717) is 15.9 Å². The van der Waals surface area contributed by atoms with Crippen LogP contribution in [0.5, 0.6) is 0 Å². The standard InChI is InChI=1S/C20H15Cl2N5/c21-14-10-12-15(13-11-14)23-19(17-8-4-5-9-18(17)22)20-24-25-26-27(20)16-6-2-1-3-7-16/h1-13,19,23H/t19-/m0/s1. The molecular weight excluding hydrogens is 381 g/mol. The molecule has 0 aliphatic heterocycles. The van der Waals surface area contributed by atoms with Crippen LogP contribution in [-0.4, -0.2) is 20.2 Å². The Labute approximate surface area is 166 Å². The van der Waals surface area contributed by atoms with Crippen molar-refractivity contribution in [3.05, 3.63) is 100 Å². The normalized spacial score (nSPS) is 11.9. The molecule has 0 unspecified atom stereocenters. The largest absolute Gasteiger partial charge is 0.371 e. The van der Waals surface area contributed by atoms with E-state index in [2.05, 4.69) is 20.8 Å². The lowest BCUT2D eigenvalue weighted by molar-refractivity contribution is 0.738. The van der Waals surface area contributed by atoms with Crippen LogP contribution in [0.2, 0.25) is 10.0 Å². The molecule has 27 heavy (non-hydrogen) atoms. The summed E-state index contributed by atoms with van der Waals surface area (Å²) in [5.41, 5.74) is 2.63. The van der Waals surface area contributed by atoms with Crippen LogP contribution in [0.15, 0.2) is 78.9 Å². The first-order chi connectivity index (χ1) is 13.2. The molecule has 3 aromatic carbocycles. The van der Waals surface area contributed by atoms with E-state index in [4.69, 9.17) is 23.2 Å². The third-order valence-electron chi connectivity index (χ3n) is 4.12. The Hall–Kier alpha value is -2.89. The maximum atomic E-state index is 6.49. The molecule has 4 rings (SSSR count). The van der Waals surface area contributed by atoms with Crippen molar-refractivity contribution in [3.63, 3.8) is 0 Å². The SMILES string of the molecule is Clc1ccc(N[C@@H](c2ccccc2Cl)c2nnnn2-c2ccccc2)cc1. The van der Waals surface area contributed by atoms with E-state index in [-0.39, 0.29) is 6.04 Å². The summed E-state index contributed by atoms with van der Waals surface area (Å²) in [5, 5.41) is 17.1. The van der Waals surface area contributed by atoms with Crippen LogP contribution in [0.25, 0.3) is 5.69 Å². The van der Waals surface area contributed by atoms with Crippen molar-refractivity contribution < 1.29 is 0 Å². The summed E-state index contributed by atoms with van der Waals surface area (Å²) in [5.74, 6) is 0.629. The van der Waals surface area contributed by atoms with Gasteiger partial charge >= 0.3 is 0 Å². The van der Waals surface area contributed by atoms with Gasteiger partial charge in [-0.3, -0.25) is 0 Å². The highest BCUT2D eigenvalue weighted by Gasteiger charge is 2.24. The molecule has 0 aliphatic carbocycles. The fourth-order valence-corrected chi connectivity index (χ4v) is 3.20. The van der Waals surface area contributed by atoms with E-state index in [9.17, 15) is 0 Å². The second kappa shape index (κ2) is 7.78. The summed E-state index contributed by atoms with van der Waals surface area (Å²) >= 11 is 12.5. The zero-order valence-corrected chi connectivity index (χ0v) is 15.6. The van der Waals surface area contributed by atoms with Crippen molar-refractivity contribution in [2.24, 2.45) is 0 Å². The van der Waals surface area contributed by atoms with Gasteiger partial charge in [0.05, 0.1) is 5.69 Å². The first kappa shape index (κ1) is 17.5. The number of nitrogens with zero attached hydrogens (tertiary/aromatic N) is 4. The Morgan fingerprint density at radius 2 is 1.52 bits per heavy atom. The van der Waals surface area contributed by atoms with Crippen molar-refractivity contribution in [1.82, 2.24) is 20.2 Å². The number of rotatable bonds is 5. The van der Waals surface area contributed by atoms with Crippen LogP contribution in [-0.2, 0) is 0 Å². The Morgan fingerprint density at radius 3 is 2.26 bits per heavy atom. The molecule has 0 fully saturated rings. The lowest BCUT2D eigenvalue weighted by Gasteiger charge is -2.21. The van der Waals surface area contributed by atoms with E-state index in [1.165, 1.54) is 0 Å². The van der Waals surface area contributed by atoms with E-state index in [1.807, 2.05) is 78.9 Å². The topological polar surface area (TPSA) is 55.6 Å². The van der Waals surface area contributed by atoms with E-state index < -0.39 is 0 Å². The zero-order chi connectivity index (χ0) is 18.6. The van der Waals surface area contributed by atoms with Crippen molar-refractivity contribution >= 4 is 28.9 Å². The second-order valence-electron chi connectivity index (χ2n) is 5.89. The summed E-state index contributed by atoms with van der Waals surface area (Å²) < 4.78 is 1.71. The molecular formula is C20H15Cl2N5. The Balaban J connectivity index is 1.81. The van der Waals surface area contributed by atoms with Gasteiger partial charge in [0.2, 0.25) is 0 Å². The fourth-order valence-electron chi connectivity index (χ4n) is 2.83. The summed E-state index contributed by atoms with van der Waals surface area (Å²) in [4.78, 5) is 0. The van der Waals surface area contributed by atoms with Crippen molar-refractivity contribution in [2.75, 3.05) is 5.32 Å². The minimum atomic E-state index is -0.352. The van der Waals surface area contributed by atoms with E-state index >= 15 is 0 Å². The Morgan fingerprint density at radius 1 is 0.815 bits per heavy atom. The highest BCUT2D eigenvalue weighted by molar-refractivity contribution is 6.31. The number of para-hydroxylation sites is 1. The molecule has 0 aliphatic rings. The maximum absolute atomic E-state index is 6.49. The highest BCUT2D eigenvalue weighted by Crippen LogP contribution is 2.31. The minimum Gasteiger partial charge on any atom is -0.371 e. The molecule has 7 heteroatoms. The van der Waals surface area contributed by atoms with E-state index in [1.54, 1.807) is 4.68 Å². The quantitative estimate of drug-likeness (QED) is 0.506. The molecule has 0 saturated carbocycles. The minimum absolute atomic E-state index is 0.352. The number of hydrogen-bond donors (Lipinski definition) is 1. The van der Waals surface area contributed by atoms with Gasteiger partial charge in [0.15, 0.2) is 5.82 Å². The van der Waals surface area contributed by atoms with Crippen LogP contribution in [0, 0.1) is 0 Å². The molecule has 5 nitrogen and oxygen atoms in total. The van der Waals surface area contributed by atoms with Gasteiger partial charge in [-0.05, 0) is 52.9 Å². The number of benzene rings is 3. The van der Waals surface area contributed by atoms with Gasteiger partial charge in [0, 0.05) is 21.3 Å². The van der Waals surface area contributed by atoms with Gasteiger partial charge in [0.25, 0.3) is 0 Å². The maximum Gasteiger partial charge on any atom is 0.183 e. The number of nitrogens with one attached hydrogen (secondary N) is 1. The number of anilines is 1. The molecule has 0 spiro atoms. The number of halogens is 2. The third kappa shape index (κ3) is 3.79. The zero-order valence-electron chi connectivity index (χ0n) is 14.1. The van der Waals surface area contributed by atoms with Crippen molar-refractivity contribution in [2.45, 2.75) is 6.04 Å². The third-order valence-corrected chi connectivity index (χ3v) is 4.72. The first-order valence-corrected chi connectivity index (χ1v) is 9.08. The van der Waals surface area contributed by atoms with Crippen LogP contribution in [0.4, 0.5) is 5.69 Å². The smallest absolute Gasteiger partial charge is 0.183 e. The van der Waals surface area contributed by atoms with E-state index in [0.717, 1.165) is 16.9 Å². The van der Waals surface area contributed by atoms with Gasteiger partial charge in [0.1, 0.15) is 6.04 Å². The van der Waals surface area contributed by atoms with Crippen LogP contribution < -0.4 is 5.32 Å². The average Bonchev–Trinajstić information content (AvgIpc) is 3.18. The molecule has 134 valence electrons. The Kier molecular flexibility index (Phi) is 5.05.